The van der Waals surface area contributed by atoms with E-state index >= 15 is 0 Å². The third-order valence-electron chi connectivity index (χ3n) is 23.8. The van der Waals surface area contributed by atoms with Gasteiger partial charge in [0.1, 0.15) is 11.4 Å². The van der Waals surface area contributed by atoms with Gasteiger partial charge in [-0.3, -0.25) is 0 Å². The van der Waals surface area contributed by atoms with E-state index in [-0.39, 0.29) is 25.9 Å². The molecule has 0 aromatic heterocycles. The zero-order chi connectivity index (χ0) is 83.6. The molecule has 12 heteroatoms. The second kappa shape index (κ2) is 38.8. The Morgan fingerprint density at radius 2 is 0.598 bits per heavy atom. The summed E-state index contributed by atoms with van der Waals surface area (Å²) < 4.78 is 72.0. The van der Waals surface area contributed by atoms with Crippen LogP contribution in [-0.2, 0) is 52.8 Å². The molecule has 0 atom stereocenters. The Balaban J connectivity index is 0.000000607. The highest BCUT2D eigenvalue weighted by Gasteiger charge is 2.60. The highest BCUT2D eigenvalue weighted by atomic mass is 32.2. The average Bonchev–Trinajstić information content (AvgIpc) is 1.55. The van der Waals surface area contributed by atoms with E-state index in [1.165, 1.54) is 39.3 Å². The Morgan fingerprint density at radius 3 is 0.953 bits per heavy atom. The minimum atomic E-state index is -3.89. The smallest absolute Gasteiger partial charge is 0.388 e. The molecule has 0 unspecified atom stereocenters. The molecular weight excluding hydrogens is 1400 g/mol. The lowest BCUT2D eigenvalue weighted by Gasteiger charge is -2.43. The molecule has 600 valence electrons. The van der Waals surface area contributed by atoms with Crippen LogP contribution < -0.4 is 19.4 Å². The molecule has 0 radical (unpaired) electrons. The SMILES string of the molecule is CC.CC.CC.CC.CC.CC.CC.CC1(C)Oc2ccccc2C1(C)C.CC1(C)Oc2ccccc2O1.CC1(C)SC(C)(C)c2ccccc21.CC1(C)Sc2ccccc2C1(C)C.CC1(C)c2ccccc2C(C)(C)[Si]1(C)C.CC1(C)c2ccccc2[Si](C)(C)C1(C)C.FC1(F)OC(F)(F)c2ccccc21. The van der Waals surface area contributed by atoms with E-state index in [9.17, 15) is 17.6 Å². The molecule has 7 aliphatic heterocycles. The van der Waals surface area contributed by atoms with Crippen molar-refractivity contribution in [1.29, 1.82) is 0 Å². The van der Waals surface area contributed by atoms with E-state index in [1.54, 1.807) is 21.9 Å². The van der Waals surface area contributed by atoms with Gasteiger partial charge in [-0.25, -0.2) is 4.74 Å². The van der Waals surface area contributed by atoms with E-state index in [4.69, 9.17) is 14.2 Å². The first-order valence-corrected chi connectivity index (χ1v) is 47.6. The topological polar surface area (TPSA) is 36.9 Å². The van der Waals surface area contributed by atoms with Crippen molar-refractivity contribution < 1.29 is 36.5 Å². The number of benzene rings is 7. The summed E-state index contributed by atoms with van der Waals surface area (Å²) in [6.07, 6.45) is -7.78. The van der Waals surface area contributed by atoms with Crippen molar-refractivity contribution in [2.24, 2.45) is 0 Å². The van der Waals surface area contributed by atoms with Gasteiger partial charge in [-0.1, -0.05) is 345 Å². The predicted molar refractivity (Wildman–Crippen MR) is 471 cm³/mol. The number of halogens is 4. The molecule has 0 saturated heterocycles. The van der Waals surface area contributed by atoms with Gasteiger partial charge in [-0.2, -0.15) is 17.6 Å². The molecule has 0 aliphatic carbocycles. The lowest BCUT2D eigenvalue weighted by atomic mass is 9.74. The third-order valence-corrected chi connectivity index (χ3v) is 39.1. The van der Waals surface area contributed by atoms with E-state index in [1.807, 2.05) is 159 Å². The van der Waals surface area contributed by atoms with Gasteiger partial charge in [-0.15, -0.1) is 23.5 Å². The number of hydrogen-bond acceptors (Lipinski definition) is 6. The van der Waals surface area contributed by atoms with Crippen molar-refractivity contribution in [1.82, 2.24) is 0 Å². The molecule has 7 aliphatic rings. The van der Waals surface area contributed by atoms with Crippen LogP contribution in [0.25, 0.3) is 0 Å². The largest absolute Gasteiger partial charge is 0.487 e. The molecule has 7 aromatic rings. The Kier molecular flexibility index (Phi) is 36.2. The summed E-state index contributed by atoms with van der Waals surface area (Å²) in [7, 11) is -2.62. The highest BCUT2D eigenvalue weighted by molar-refractivity contribution is 8.01. The van der Waals surface area contributed by atoms with Crippen LogP contribution in [0.2, 0.25) is 31.2 Å². The molecule has 7 heterocycles. The Bertz CT molecular complexity index is 3470. The van der Waals surface area contributed by atoms with Crippen LogP contribution in [0.15, 0.2) is 175 Å². The monoisotopic (exact) mass is 1550 g/mol. The number of ether oxygens (including phenoxy) is 4. The van der Waals surface area contributed by atoms with Gasteiger partial charge in [0.2, 0.25) is 5.79 Å². The van der Waals surface area contributed by atoms with Crippen LogP contribution in [0, 0.1) is 0 Å². The average molecular weight is 1550 g/mol. The predicted octanol–water partition coefficient (Wildman–Crippen LogP) is 30.8. The van der Waals surface area contributed by atoms with E-state index < -0.39 is 45.3 Å². The van der Waals surface area contributed by atoms with Crippen molar-refractivity contribution in [2.75, 3.05) is 0 Å². The molecule has 14 rings (SSSR count). The van der Waals surface area contributed by atoms with Crippen molar-refractivity contribution >= 4 is 44.9 Å². The zero-order valence-corrected chi connectivity index (χ0v) is 78.3. The fourth-order valence-corrected chi connectivity index (χ4v) is 25.0. The van der Waals surface area contributed by atoms with Gasteiger partial charge >= 0.3 is 12.2 Å². The molecular formula is C95H148F4O4S2Si2. The normalized spacial score (nSPS) is 20.3. The fourth-order valence-electron chi connectivity index (χ4n) is 14.4. The quantitative estimate of drug-likeness (QED) is 0.111. The van der Waals surface area contributed by atoms with Crippen LogP contribution in [0.4, 0.5) is 17.6 Å². The number of rotatable bonds is 0. The summed E-state index contributed by atoms with van der Waals surface area (Å²) in [5, 5.41) is 2.89. The molecule has 7 aromatic carbocycles. The summed E-state index contributed by atoms with van der Waals surface area (Å²) in [4.78, 5) is 1.46. The fraction of sp³-hybridized carbons (Fsp3) is 0.558. The summed E-state index contributed by atoms with van der Waals surface area (Å²) in [6.45, 7) is 88.7. The van der Waals surface area contributed by atoms with Crippen molar-refractivity contribution in [3.63, 3.8) is 0 Å². The number of fused-ring (bicyclic) bond motifs is 7. The van der Waals surface area contributed by atoms with Gasteiger partial charge in [0.25, 0.3) is 0 Å². The molecule has 0 N–H and O–H groups in total. The Labute approximate surface area is 663 Å². The Morgan fingerprint density at radius 1 is 0.299 bits per heavy atom. The lowest BCUT2D eigenvalue weighted by molar-refractivity contribution is -0.369. The van der Waals surface area contributed by atoms with Crippen molar-refractivity contribution in [3.05, 3.63) is 220 Å². The van der Waals surface area contributed by atoms with Gasteiger partial charge < -0.3 is 14.2 Å². The molecule has 0 spiro atoms. The number of hydrogen-bond donors (Lipinski definition) is 0. The molecule has 0 amide bonds. The van der Waals surface area contributed by atoms with E-state index in [0.717, 1.165) is 29.4 Å². The zero-order valence-electron chi connectivity index (χ0n) is 74.6. The first-order chi connectivity index (χ1) is 49.4. The van der Waals surface area contributed by atoms with Gasteiger partial charge in [0.05, 0.1) is 27.3 Å². The van der Waals surface area contributed by atoms with Crippen LogP contribution in [0.3, 0.4) is 0 Å². The summed E-state index contributed by atoms with van der Waals surface area (Å²) in [5.41, 5.74) is 9.68. The van der Waals surface area contributed by atoms with Crippen LogP contribution >= 0.6 is 23.5 Å². The maximum Gasteiger partial charge on any atom is 0.388 e. The molecule has 0 fully saturated rings. The van der Waals surface area contributed by atoms with Crippen LogP contribution in [-0.4, -0.2) is 32.3 Å². The standard InChI is InChI=1S/2C14H22Si.C12H16O.2C12H16S.C9H10O2.C8H4F4O.7C2H6/c1-13(2)11-9-7-8-10-12(11)15(5,6)14(13,3)4;1-13(2)11-9-7-8-10-12(11)14(3,4)15(13,5)6;2*1-11(2)9-7-5-6-8-10(9)13-12(11,3)4;1-11(2)9-7-5-6-8-10(9)12(3,4)13-11;1-9(2)10-7-5-3-4-6-8(7)11-9;9-7(10)5-3-1-2-4-6(5)8(11,12)13-7;7*1-2/h2*7-10H,1-6H3;3*5-8H,1-4H3;3-6H,1-2H3;1-4H;7*1-2H3. The summed E-state index contributed by atoms with van der Waals surface area (Å²) in [6, 6.07) is 56.0. The van der Waals surface area contributed by atoms with Gasteiger partial charge in [-0.05, 0) is 146 Å². The second-order valence-electron chi connectivity index (χ2n) is 32.7. The number of para-hydroxylation sites is 3. The van der Waals surface area contributed by atoms with Crippen molar-refractivity contribution in [2.45, 2.75) is 350 Å². The number of thioether (sulfide) groups is 2. The molecule has 107 heavy (non-hydrogen) atoms. The van der Waals surface area contributed by atoms with Crippen LogP contribution in [0.5, 0.6) is 17.2 Å². The maximum atomic E-state index is 12.7. The minimum absolute atomic E-state index is 0.101. The van der Waals surface area contributed by atoms with Crippen LogP contribution in [0.1, 0.15) is 299 Å². The minimum Gasteiger partial charge on any atom is -0.487 e. The Hall–Kier alpha value is -5.25. The van der Waals surface area contributed by atoms with E-state index in [2.05, 4.69) is 290 Å². The molecule has 0 saturated carbocycles. The second-order valence-corrected chi connectivity index (χ2v) is 47.4. The van der Waals surface area contributed by atoms with Crippen molar-refractivity contribution in [3.8, 4) is 17.2 Å². The molecule has 0 bridgehead atoms. The van der Waals surface area contributed by atoms with Gasteiger partial charge in [0.15, 0.2) is 11.5 Å². The summed E-state index contributed by atoms with van der Waals surface area (Å²) in [5.74, 6) is 2.21. The third kappa shape index (κ3) is 20.7. The van der Waals surface area contributed by atoms with Gasteiger partial charge in [0, 0.05) is 49.4 Å². The summed E-state index contributed by atoms with van der Waals surface area (Å²) >= 11 is 4.05. The lowest BCUT2D eigenvalue weighted by Crippen LogP contribution is -2.54. The van der Waals surface area contributed by atoms with E-state index in [0.29, 0.717) is 25.3 Å². The number of alkyl halides is 4. The molecule has 4 nitrogen and oxygen atoms in total. The maximum absolute atomic E-state index is 12.7. The first-order valence-electron chi connectivity index (χ1n) is 40.0. The highest BCUT2D eigenvalue weighted by Crippen LogP contribution is 2.61. The first kappa shape index (κ1) is 99.8.